The van der Waals surface area contributed by atoms with Gasteiger partial charge in [-0.05, 0) is 115 Å². The Morgan fingerprint density at radius 2 is 2.10 bits per heavy atom. The van der Waals surface area contributed by atoms with E-state index in [4.69, 9.17) is 9.36 Å². The standard InChI is InChI=1S/C26H33IN3O6PS.2Na.2H/c1-14-13-28-25(38-14)29-23(31)7-5-16-11-22(30-35-3)26(2)9-8-17-18(24(16)26)6-4-15-10-21(36-37(32,33)34)20(27)12-19(15)17;;;;/h10,12-13,16-18,24H,4-9,11H2,1-3H3,(H,28,29,31)(H2,32,33,34);;;;/q;2*+1;2*-1/b30-22+;;;;/t16-,17?,18?,24?,26-;;;;/m1..../s1. The molecule has 2 fully saturated rings. The quantitative estimate of drug-likeness (QED) is 0.162. The summed E-state index contributed by atoms with van der Waals surface area (Å²) in [6.07, 6.45) is 7.62. The van der Waals surface area contributed by atoms with E-state index in [1.807, 2.05) is 13.0 Å². The molecule has 1 heterocycles. The van der Waals surface area contributed by atoms with Crippen molar-refractivity contribution in [3.05, 3.63) is 37.9 Å². The molecule has 0 radical (unpaired) electrons. The van der Waals surface area contributed by atoms with E-state index in [0.29, 0.717) is 38.8 Å². The predicted octanol–water partition coefficient (Wildman–Crippen LogP) is 0.264. The predicted molar refractivity (Wildman–Crippen MR) is 157 cm³/mol. The van der Waals surface area contributed by atoms with Crippen LogP contribution in [-0.2, 0) is 20.6 Å². The maximum Gasteiger partial charge on any atom is 1.00 e. The molecule has 40 heavy (non-hydrogen) atoms. The van der Waals surface area contributed by atoms with Gasteiger partial charge in [-0.15, -0.1) is 11.3 Å². The van der Waals surface area contributed by atoms with Crippen LogP contribution in [0.3, 0.4) is 0 Å². The Balaban J connectivity index is 0.00000220. The smallest absolute Gasteiger partial charge is 1.00 e. The van der Waals surface area contributed by atoms with Crippen molar-refractivity contribution in [2.24, 2.45) is 28.3 Å². The van der Waals surface area contributed by atoms with Crippen molar-refractivity contribution < 1.29 is 90.5 Å². The Bertz CT molecular complexity index is 1330. The number of phosphoric ester groups is 1. The van der Waals surface area contributed by atoms with E-state index < -0.39 is 7.82 Å². The van der Waals surface area contributed by atoms with Gasteiger partial charge in [0.2, 0.25) is 5.91 Å². The van der Waals surface area contributed by atoms with E-state index in [1.165, 1.54) is 16.9 Å². The molecule has 0 aliphatic heterocycles. The number of fused-ring (bicyclic) bond motifs is 5. The normalized spacial score (nSPS) is 27.9. The fraction of sp³-hybridized carbons (Fsp3) is 0.577. The summed E-state index contributed by atoms with van der Waals surface area (Å²) in [7, 11) is -3.03. The molecule has 0 saturated heterocycles. The largest absolute Gasteiger partial charge is 1.00 e. The zero-order valence-electron chi connectivity index (χ0n) is 25.6. The summed E-state index contributed by atoms with van der Waals surface area (Å²) in [5.41, 5.74) is 3.41. The fourth-order valence-corrected chi connectivity index (χ4v) is 9.14. The number of amides is 1. The minimum Gasteiger partial charge on any atom is -1.00 e. The number of oxime groups is 1. The second-order valence-corrected chi connectivity index (χ2v) is 14.5. The molecule has 0 bridgehead atoms. The number of thiazole rings is 1. The molecule has 1 aromatic carbocycles. The molecule has 210 valence electrons. The summed E-state index contributed by atoms with van der Waals surface area (Å²) in [6.45, 7) is 4.29. The molecule has 2 aromatic rings. The number of aryl methyl sites for hydroxylation is 2. The van der Waals surface area contributed by atoms with Crippen molar-refractivity contribution in [1.29, 1.82) is 0 Å². The van der Waals surface area contributed by atoms with Crippen LogP contribution in [0.4, 0.5) is 5.13 Å². The molecular weight excluding hydrogens is 686 g/mol. The number of hydrogen-bond acceptors (Lipinski definition) is 7. The number of aromatic nitrogens is 1. The number of hydrogen-bond donors (Lipinski definition) is 3. The number of anilines is 1. The van der Waals surface area contributed by atoms with Crippen LogP contribution in [0.5, 0.6) is 5.75 Å². The van der Waals surface area contributed by atoms with Gasteiger partial charge in [-0.2, -0.15) is 0 Å². The van der Waals surface area contributed by atoms with E-state index >= 15 is 0 Å². The van der Waals surface area contributed by atoms with Gasteiger partial charge in [-0.1, -0.05) is 12.1 Å². The van der Waals surface area contributed by atoms with Crippen LogP contribution in [0, 0.1) is 33.7 Å². The molecule has 3 aliphatic carbocycles. The van der Waals surface area contributed by atoms with Crippen LogP contribution in [0.15, 0.2) is 23.5 Å². The van der Waals surface area contributed by atoms with E-state index in [1.54, 1.807) is 13.3 Å². The van der Waals surface area contributed by atoms with Gasteiger partial charge in [-0.25, -0.2) is 9.55 Å². The summed E-state index contributed by atoms with van der Waals surface area (Å²) in [5, 5.41) is 8.07. The molecule has 3 unspecified atom stereocenters. The van der Waals surface area contributed by atoms with Crippen molar-refractivity contribution in [3.8, 4) is 5.75 Å². The third-order valence-electron chi connectivity index (χ3n) is 8.68. The molecule has 3 aliphatic rings. The van der Waals surface area contributed by atoms with E-state index in [2.05, 4.69) is 51.0 Å². The van der Waals surface area contributed by atoms with Gasteiger partial charge in [0.15, 0.2) is 5.13 Å². The number of phosphoric acid groups is 1. The Kier molecular flexibility index (Phi) is 12.3. The number of benzene rings is 1. The summed E-state index contributed by atoms with van der Waals surface area (Å²) in [5.74, 6) is 1.72. The third kappa shape index (κ3) is 7.39. The summed E-state index contributed by atoms with van der Waals surface area (Å²) in [6, 6.07) is 3.87. The van der Waals surface area contributed by atoms with Crippen LogP contribution >= 0.6 is 41.8 Å². The topological polar surface area (TPSA) is 130 Å². The van der Waals surface area contributed by atoms with Crippen LogP contribution in [0.25, 0.3) is 0 Å². The molecule has 5 rings (SSSR count). The maximum atomic E-state index is 12.8. The molecule has 2 saturated carbocycles. The number of carbonyl (C=O) groups excluding carboxylic acids is 1. The average molecular weight is 722 g/mol. The van der Waals surface area contributed by atoms with Crippen molar-refractivity contribution in [1.82, 2.24) is 4.98 Å². The van der Waals surface area contributed by atoms with Gasteiger partial charge in [-0.3, -0.25) is 14.6 Å². The van der Waals surface area contributed by atoms with Gasteiger partial charge >= 0.3 is 66.9 Å². The first-order chi connectivity index (χ1) is 18.0. The summed E-state index contributed by atoms with van der Waals surface area (Å²) >= 11 is 3.58. The molecule has 14 heteroatoms. The Morgan fingerprint density at radius 1 is 1.35 bits per heavy atom. The minimum atomic E-state index is -4.63. The second kappa shape index (κ2) is 14.1. The van der Waals surface area contributed by atoms with Crippen molar-refractivity contribution in [2.75, 3.05) is 12.4 Å². The zero-order chi connectivity index (χ0) is 27.2. The Labute approximate surface area is 300 Å². The first-order valence-electron chi connectivity index (χ1n) is 12.9. The van der Waals surface area contributed by atoms with E-state index in [9.17, 15) is 19.1 Å². The van der Waals surface area contributed by atoms with Crippen LogP contribution in [0.1, 0.15) is 70.2 Å². The van der Waals surface area contributed by atoms with Gasteiger partial charge < -0.3 is 17.5 Å². The fourth-order valence-electron chi connectivity index (χ4n) is 7.28. The summed E-state index contributed by atoms with van der Waals surface area (Å²) in [4.78, 5) is 42.0. The molecule has 0 spiro atoms. The molecule has 1 aromatic heterocycles. The van der Waals surface area contributed by atoms with Crippen LogP contribution < -0.4 is 69.0 Å². The van der Waals surface area contributed by atoms with Crippen LogP contribution in [-0.4, -0.2) is 33.5 Å². The minimum absolute atomic E-state index is 0. The SMILES string of the molecule is CO/N=C1\C[C@@H](CCC(=O)Nc2ncc(C)s2)C2C3CCc4cc(OP(=O)(O)O)c(I)cc4C3CC[C@]12C.[H-].[H-].[Na+].[Na+]. The van der Waals surface area contributed by atoms with Crippen LogP contribution in [0.2, 0.25) is 0 Å². The first kappa shape index (κ1) is 35.0. The monoisotopic (exact) mass is 721 g/mol. The van der Waals surface area contributed by atoms with E-state index in [0.717, 1.165) is 54.7 Å². The van der Waals surface area contributed by atoms with Gasteiger partial charge in [0.25, 0.3) is 0 Å². The third-order valence-corrected chi connectivity index (χ3v) is 10.8. The zero-order valence-corrected chi connectivity index (χ0v) is 31.5. The van der Waals surface area contributed by atoms with Crippen molar-refractivity contribution >= 4 is 58.5 Å². The number of carbonyl (C=O) groups is 1. The number of nitrogens with one attached hydrogen (secondary N) is 1. The Hall–Kier alpha value is 0.470. The average Bonchev–Trinajstić information content (AvgIpc) is 3.37. The van der Waals surface area contributed by atoms with Crippen molar-refractivity contribution in [2.45, 2.75) is 64.7 Å². The molecule has 5 atom stereocenters. The molecule has 3 N–H and O–H groups in total. The maximum absolute atomic E-state index is 12.8. The molecule has 1 amide bonds. The number of halogens is 1. The van der Waals surface area contributed by atoms with Gasteiger partial charge in [0.05, 0.1) is 9.28 Å². The number of nitrogens with zero attached hydrogens (tertiary/aromatic N) is 2. The Morgan fingerprint density at radius 3 is 2.75 bits per heavy atom. The molecular formula is C26H35IN3Na2O6PS. The number of rotatable bonds is 7. The van der Waals surface area contributed by atoms with E-state index in [-0.39, 0.29) is 79.0 Å². The molecule has 9 nitrogen and oxygen atoms in total. The van der Waals surface area contributed by atoms with Gasteiger partial charge in [0, 0.05) is 22.9 Å². The van der Waals surface area contributed by atoms with Crippen molar-refractivity contribution in [3.63, 3.8) is 0 Å². The second-order valence-electron chi connectivity index (χ2n) is 10.9. The first-order valence-corrected chi connectivity index (χ1v) is 16.3. The van der Waals surface area contributed by atoms with Gasteiger partial charge in [0.1, 0.15) is 12.9 Å². The summed E-state index contributed by atoms with van der Waals surface area (Å²) < 4.78 is 17.1.